The monoisotopic (exact) mass is 551 g/mol. The van der Waals surface area contributed by atoms with Gasteiger partial charge in [0.2, 0.25) is 11.9 Å². The van der Waals surface area contributed by atoms with Crippen LogP contribution in [0, 0.1) is 0 Å². The van der Waals surface area contributed by atoms with Crippen molar-refractivity contribution in [1.82, 2.24) is 19.1 Å². The Bertz CT molecular complexity index is 1350. The number of aryl methyl sites for hydroxylation is 1. The number of nitrogens with one attached hydrogen (secondary N) is 2. The molecule has 1 aliphatic heterocycles. The first kappa shape index (κ1) is 28.8. The van der Waals surface area contributed by atoms with Crippen LogP contribution in [-0.2, 0) is 35.1 Å². The van der Waals surface area contributed by atoms with E-state index in [2.05, 4.69) is 15.3 Å². The number of aromatic nitrogens is 4. The van der Waals surface area contributed by atoms with Gasteiger partial charge in [0.25, 0.3) is 5.56 Å². The molecule has 0 unspecified atom stereocenters. The van der Waals surface area contributed by atoms with Crippen molar-refractivity contribution < 1.29 is 46.2 Å². The first-order valence-electron chi connectivity index (χ1n) is 11.4. The third-order valence-corrected chi connectivity index (χ3v) is 5.57. The maximum atomic E-state index is 15.6. The van der Waals surface area contributed by atoms with Crippen molar-refractivity contribution in [2.24, 2.45) is 0 Å². The average Bonchev–Trinajstić information content (AvgIpc) is 3.22. The molecule has 3 rings (SSSR count). The van der Waals surface area contributed by atoms with Gasteiger partial charge in [-0.25, -0.2) is 13.8 Å². The van der Waals surface area contributed by atoms with Crippen molar-refractivity contribution in [2.45, 2.75) is 84.0 Å². The van der Waals surface area contributed by atoms with Gasteiger partial charge in [-0.05, 0) is 6.42 Å². The molecule has 3 heterocycles. The van der Waals surface area contributed by atoms with E-state index in [1.807, 2.05) is 0 Å². The molecule has 1 amide bonds. The number of halogens is 4. The molecule has 38 heavy (non-hydrogen) atoms. The molecule has 0 aromatic carbocycles. The zero-order valence-corrected chi connectivity index (χ0v) is 20.6. The van der Waals surface area contributed by atoms with Crippen LogP contribution in [0.15, 0.2) is 9.59 Å². The topological polar surface area (TPSA) is 164 Å². The van der Waals surface area contributed by atoms with E-state index in [0.717, 1.165) is 20.8 Å². The summed E-state index contributed by atoms with van der Waals surface area (Å²) >= 11 is 0. The fourth-order valence-electron chi connectivity index (χ4n) is 4.15. The first-order chi connectivity index (χ1) is 17.6. The highest BCUT2D eigenvalue weighted by atomic mass is 19.4. The lowest BCUT2D eigenvalue weighted by Crippen LogP contribution is -2.40. The number of aromatic amines is 1. The van der Waals surface area contributed by atoms with Crippen LogP contribution in [0.1, 0.15) is 46.8 Å². The molecule has 1 aliphatic rings. The summed E-state index contributed by atoms with van der Waals surface area (Å²) in [6.07, 6.45) is -14.7. The number of ether oxygens (including phenoxy) is 3. The quantitative estimate of drug-likeness (QED) is 0.364. The second kappa shape index (κ2) is 10.9. The number of amides is 1. The lowest BCUT2D eigenvalue weighted by molar-refractivity contribution is -0.159. The Morgan fingerprint density at radius 1 is 1.18 bits per heavy atom. The van der Waals surface area contributed by atoms with Crippen LogP contribution in [0.25, 0.3) is 11.2 Å². The molecule has 0 aliphatic carbocycles. The smallest absolute Gasteiger partial charge is 0.390 e. The molecule has 0 bridgehead atoms. The summed E-state index contributed by atoms with van der Waals surface area (Å²) in [6, 6.07) is 0. The van der Waals surface area contributed by atoms with Crippen molar-refractivity contribution in [3.8, 4) is 0 Å². The number of H-pyrrole nitrogens is 1. The molecule has 2 aromatic rings. The summed E-state index contributed by atoms with van der Waals surface area (Å²) < 4.78 is 71.5. The van der Waals surface area contributed by atoms with Gasteiger partial charge in [0.15, 0.2) is 29.7 Å². The van der Waals surface area contributed by atoms with Crippen molar-refractivity contribution in [2.75, 3.05) is 5.32 Å². The number of hydrogen-bond donors (Lipinski definition) is 2. The number of imidazole rings is 1. The first-order valence-corrected chi connectivity index (χ1v) is 11.4. The van der Waals surface area contributed by atoms with E-state index in [-0.39, 0.29) is 6.42 Å². The average molecular weight is 551 g/mol. The third-order valence-electron chi connectivity index (χ3n) is 5.57. The van der Waals surface area contributed by atoms with E-state index in [4.69, 9.17) is 14.2 Å². The Kier molecular flexibility index (Phi) is 8.28. The number of fused-ring (bicyclic) bond motifs is 1. The lowest BCUT2D eigenvalue weighted by Gasteiger charge is -2.23. The van der Waals surface area contributed by atoms with E-state index in [1.54, 1.807) is 6.92 Å². The fourth-order valence-corrected chi connectivity index (χ4v) is 4.15. The number of nitrogens with zero attached hydrogens (tertiary/aromatic N) is 3. The fraction of sp³-hybridized carbons (Fsp3) is 0.619. The predicted molar refractivity (Wildman–Crippen MR) is 120 cm³/mol. The van der Waals surface area contributed by atoms with Crippen LogP contribution < -0.4 is 16.6 Å². The molecule has 17 heteroatoms. The molecule has 2 aromatic heterocycles. The molecule has 1 fully saturated rings. The van der Waals surface area contributed by atoms with Crippen LogP contribution in [0.5, 0.6) is 0 Å². The Morgan fingerprint density at radius 2 is 1.84 bits per heavy atom. The molecule has 1 saturated heterocycles. The van der Waals surface area contributed by atoms with Crippen molar-refractivity contribution in [1.29, 1.82) is 0 Å². The van der Waals surface area contributed by atoms with Crippen molar-refractivity contribution >= 4 is 35.0 Å². The summed E-state index contributed by atoms with van der Waals surface area (Å²) in [5.74, 6) is -2.89. The molecule has 0 spiro atoms. The lowest BCUT2D eigenvalue weighted by atomic mass is 10.0. The summed E-state index contributed by atoms with van der Waals surface area (Å²) in [6.45, 7) is 3.65. The number of anilines is 1. The predicted octanol–water partition coefficient (Wildman–Crippen LogP) is 1.31. The number of carbonyl (C=O) groups is 3. The summed E-state index contributed by atoms with van der Waals surface area (Å²) in [7, 11) is 0. The third kappa shape index (κ3) is 6.03. The minimum absolute atomic E-state index is 0.0526. The SMILES string of the molecule is CC[C@H](OC(C)=O)[C@H]1O[C@@H](n2c(=O)n(CCC(F)(F)F)c3c(=O)[nH]c(NC(C)=O)nc32)[C@H](OC(C)=O)[C@H]1F. The van der Waals surface area contributed by atoms with E-state index >= 15 is 4.39 Å². The maximum absolute atomic E-state index is 15.6. The van der Waals surface area contributed by atoms with Gasteiger partial charge in [0.05, 0.1) is 6.42 Å². The Balaban J connectivity index is 2.25. The van der Waals surface area contributed by atoms with Gasteiger partial charge < -0.3 is 14.2 Å². The van der Waals surface area contributed by atoms with Gasteiger partial charge in [0, 0.05) is 27.3 Å². The van der Waals surface area contributed by atoms with Crippen LogP contribution in [0.3, 0.4) is 0 Å². The van der Waals surface area contributed by atoms with E-state index < -0.39 is 96.1 Å². The molecule has 2 N–H and O–H groups in total. The molecular formula is C21H25F4N5O8. The van der Waals surface area contributed by atoms with E-state index in [0.29, 0.717) is 9.13 Å². The second-order valence-electron chi connectivity index (χ2n) is 8.50. The Morgan fingerprint density at radius 3 is 2.37 bits per heavy atom. The van der Waals surface area contributed by atoms with Crippen LogP contribution in [0.4, 0.5) is 23.5 Å². The molecule has 0 radical (unpaired) electrons. The highest BCUT2D eigenvalue weighted by Crippen LogP contribution is 2.37. The van der Waals surface area contributed by atoms with Crippen LogP contribution in [0.2, 0.25) is 0 Å². The Hall–Kier alpha value is -3.76. The second-order valence-corrected chi connectivity index (χ2v) is 8.50. The summed E-state index contributed by atoms with van der Waals surface area (Å²) in [5, 5.41) is 2.18. The largest absolute Gasteiger partial charge is 0.460 e. The molecule has 0 saturated carbocycles. The van der Waals surface area contributed by atoms with Gasteiger partial charge in [-0.1, -0.05) is 6.92 Å². The summed E-state index contributed by atoms with van der Waals surface area (Å²) in [4.78, 5) is 67.1. The van der Waals surface area contributed by atoms with Gasteiger partial charge in [0.1, 0.15) is 12.2 Å². The van der Waals surface area contributed by atoms with Gasteiger partial charge >= 0.3 is 23.8 Å². The number of esters is 2. The highest BCUT2D eigenvalue weighted by molar-refractivity contribution is 5.87. The molecule has 5 atom stereocenters. The van der Waals surface area contributed by atoms with E-state index in [9.17, 15) is 37.1 Å². The van der Waals surface area contributed by atoms with Crippen molar-refractivity contribution in [3.63, 3.8) is 0 Å². The van der Waals surface area contributed by atoms with E-state index in [1.165, 1.54) is 0 Å². The van der Waals surface area contributed by atoms with Gasteiger partial charge in [-0.15, -0.1) is 0 Å². The zero-order valence-electron chi connectivity index (χ0n) is 20.6. The zero-order chi connectivity index (χ0) is 28.5. The van der Waals surface area contributed by atoms with Crippen molar-refractivity contribution in [3.05, 3.63) is 20.8 Å². The minimum Gasteiger partial charge on any atom is -0.460 e. The van der Waals surface area contributed by atoms with Crippen LogP contribution >= 0.6 is 0 Å². The number of hydrogen-bond acceptors (Lipinski definition) is 9. The standard InChI is InChI=1S/C21H25F4N5O8/c1-5-11(36-9(3)32)14-12(22)15(37-10(4)33)18(38-14)30-16-13(17(34)28-19(27-16)26-8(2)31)29(20(30)35)7-6-21(23,24)25/h11-12,14-15,18H,5-7H2,1-4H3,(H2,26,27,28,31,34)/t11-,12-,14+,15+,18+/m0/s1. The highest BCUT2D eigenvalue weighted by Gasteiger charge is 2.53. The molecular weight excluding hydrogens is 526 g/mol. The number of rotatable bonds is 8. The minimum atomic E-state index is -4.71. The Labute approximate surface area is 211 Å². The summed E-state index contributed by atoms with van der Waals surface area (Å²) in [5.41, 5.74) is -3.53. The van der Waals surface area contributed by atoms with Gasteiger partial charge in [-0.2, -0.15) is 18.2 Å². The molecule has 210 valence electrons. The number of carbonyl (C=O) groups excluding carboxylic acids is 3. The molecule has 13 nitrogen and oxygen atoms in total. The van der Waals surface area contributed by atoms with Crippen LogP contribution in [-0.4, -0.2) is 67.6 Å². The normalized spacial score (nSPS) is 22.3. The number of alkyl halides is 4. The van der Waals surface area contributed by atoms with Gasteiger partial charge in [-0.3, -0.25) is 34.0 Å². The maximum Gasteiger partial charge on any atom is 0.390 e.